The molecule has 0 aliphatic heterocycles. The molecule has 4 nitrogen and oxygen atoms in total. The van der Waals surface area contributed by atoms with E-state index in [1.807, 2.05) is 0 Å². The summed E-state index contributed by atoms with van der Waals surface area (Å²) < 4.78 is 2.47. The van der Waals surface area contributed by atoms with Crippen molar-refractivity contribution in [3.05, 3.63) is 23.8 Å². The number of nitrogens with one attached hydrogen (secondary N) is 1. The zero-order valence-electron chi connectivity index (χ0n) is 5.98. The Balaban J connectivity index is 3.17. The van der Waals surface area contributed by atoms with E-state index in [0.717, 1.165) is 0 Å². The molecule has 1 aromatic carbocycles. The first-order valence-corrected chi connectivity index (χ1v) is 3.56. The first-order chi connectivity index (χ1) is 5.65. The lowest BCUT2D eigenvalue weighted by molar-refractivity contribution is 0.0694. The molecule has 5 heteroatoms. The van der Waals surface area contributed by atoms with E-state index in [2.05, 4.69) is 17.5 Å². The summed E-state index contributed by atoms with van der Waals surface area (Å²) in [7, 11) is 0. The molecule has 0 saturated carbocycles. The number of phenols is 1. The van der Waals surface area contributed by atoms with Gasteiger partial charge >= 0.3 is 5.97 Å². The summed E-state index contributed by atoms with van der Waals surface area (Å²) in [6.45, 7) is 0. The maximum Gasteiger partial charge on any atom is 0.339 e. The molecule has 0 bridgehead atoms. The molecular formula is C7H7NO3S. The zero-order valence-corrected chi connectivity index (χ0v) is 6.88. The second-order valence-corrected chi connectivity index (χ2v) is 2.37. The van der Waals surface area contributed by atoms with Gasteiger partial charge in [0, 0.05) is 5.69 Å². The van der Waals surface area contributed by atoms with E-state index in [1.165, 1.54) is 18.2 Å². The van der Waals surface area contributed by atoms with E-state index < -0.39 is 5.97 Å². The SMILES string of the molecule is O=C(O)c1cc(NS)ccc1O. The van der Waals surface area contributed by atoms with Crippen LogP contribution in [0, 0.1) is 0 Å². The van der Waals surface area contributed by atoms with Crippen LogP contribution in [-0.4, -0.2) is 16.2 Å². The van der Waals surface area contributed by atoms with Crippen molar-refractivity contribution >= 4 is 24.5 Å². The number of thiol groups is 1. The summed E-state index contributed by atoms with van der Waals surface area (Å²) in [5, 5.41) is 17.6. The number of hydrogen-bond acceptors (Lipinski definition) is 4. The second-order valence-electron chi connectivity index (χ2n) is 2.15. The zero-order chi connectivity index (χ0) is 9.14. The third-order valence-electron chi connectivity index (χ3n) is 1.36. The fraction of sp³-hybridized carbons (Fsp3) is 0. The molecule has 0 fully saturated rings. The van der Waals surface area contributed by atoms with Gasteiger partial charge in [-0.25, -0.2) is 4.79 Å². The van der Waals surface area contributed by atoms with E-state index in [1.54, 1.807) is 0 Å². The van der Waals surface area contributed by atoms with Crippen LogP contribution in [0.25, 0.3) is 0 Å². The van der Waals surface area contributed by atoms with Gasteiger partial charge in [0.1, 0.15) is 11.3 Å². The van der Waals surface area contributed by atoms with Gasteiger partial charge in [-0.3, -0.25) is 0 Å². The number of aromatic hydroxyl groups is 1. The molecular weight excluding hydrogens is 178 g/mol. The summed E-state index contributed by atoms with van der Waals surface area (Å²) in [4.78, 5) is 10.5. The number of aromatic carboxylic acids is 1. The fourth-order valence-corrected chi connectivity index (χ4v) is 0.916. The average molecular weight is 185 g/mol. The highest BCUT2D eigenvalue weighted by molar-refractivity contribution is 7.81. The van der Waals surface area contributed by atoms with Gasteiger partial charge in [0.05, 0.1) is 0 Å². The van der Waals surface area contributed by atoms with Crippen LogP contribution in [0.4, 0.5) is 5.69 Å². The van der Waals surface area contributed by atoms with E-state index >= 15 is 0 Å². The first-order valence-electron chi connectivity index (χ1n) is 3.11. The maximum absolute atomic E-state index is 10.5. The second kappa shape index (κ2) is 3.36. The Labute approximate surface area is 74.4 Å². The molecule has 1 aromatic rings. The van der Waals surface area contributed by atoms with Crippen molar-refractivity contribution in [1.82, 2.24) is 0 Å². The minimum Gasteiger partial charge on any atom is -0.507 e. The molecule has 0 heterocycles. The molecule has 0 unspecified atom stereocenters. The van der Waals surface area contributed by atoms with E-state index in [0.29, 0.717) is 5.69 Å². The lowest BCUT2D eigenvalue weighted by Crippen LogP contribution is -1.97. The van der Waals surface area contributed by atoms with E-state index in [4.69, 9.17) is 10.2 Å². The van der Waals surface area contributed by atoms with Gasteiger partial charge in [-0.05, 0) is 18.2 Å². The Bertz CT molecular complexity index is 314. The lowest BCUT2D eigenvalue weighted by atomic mass is 10.2. The van der Waals surface area contributed by atoms with Gasteiger partial charge in [-0.15, -0.1) is 0 Å². The minimum atomic E-state index is -1.17. The smallest absolute Gasteiger partial charge is 0.339 e. The molecule has 3 N–H and O–H groups in total. The van der Waals surface area contributed by atoms with Gasteiger partial charge in [0.2, 0.25) is 0 Å². The highest BCUT2D eigenvalue weighted by Crippen LogP contribution is 2.21. The number of carbonyl (C=O) groups is 1. The third kappa shape index (κ3) is 1.62. The molecule has 12 heavy (non-hydrogen) atoms. The summed E-state index contributed by atoms with van der Waals surface area (Å²) in [5.41, 5.74) is 0.377. The molecule has 64 valence electrons. The van der Waals surface area contributed by atoms with Crippen molar-refractivity contribution in [3.8, 4) is 5.75 Å². The number of benzene rings is 1. The topological polar surface area (TPSA) is 69.6 Å². The van der Waals surface area contributed by atoms with Crippen LogP contribution in [0.3, 0.4) is 0 Å². The first kappa shape index (κ1) is 8.73. The van der Waals surface area contributed by atoms with Crippen LogP contribution in [-0.2, 0) is 0 Å². The molecule has 0 saturated heterocycles. The Morgan fingerprint density at radius 3 is 2.67 bits per heavy atom. The van der Waals surface area contributed by atoms with Crippen LogP contribution in [0.1, 0.15) is 10.4 Å². The number of carboxylic acids is 1. The predicted molar refractivity (Wildman–Crippen MR) is 47.7 cm³/mol. The van der Waals surface area contributed by atoms with Crippen LogP contribution in [0.2, 0.25) is 0 Å². The molecule has 0 spiro atoms. The van der Waals surface area contributed by atoms with Crippen LogP contribution in [0.5, 0.6) is 5.75 Å². The Hall–Kier alpha value is -1.36. The number of anilines is 1. The fourth-order valence-electron chi connectivity index (χ4n) is 0.777. The predicted octanol–water partition coefficient (Wildman–Crippen LogP) is 1.35. The van der Waals surface area contributed by atoms with Crippen molar-refractivity contribution in [3.63, 3.8) is 0 Å². The third-order valence-corrected chi connectivity index (χ3v) is 1.61. The highest BCUT2D eigenvalue weighted by atomic mass is 32.1. The van der Waals surface area contributed by atoms with E-state index in [-0.39, 0.29) is 11.3 Å². The number of carboxylic acid groups (broad SMARTS) is 1. The van der Waals surface area contributed by atoms with Crippen LogP contribution >= 0.6 is 12.8 Å². The quantitative estimate of drug-likeness (QED) is 0.414. The van der Waals surface area contributed by atoms with E-state index in [9.17, 15) is 4.79 Å². The summed E-state index contributed by atoms with van der Waals surface area (Å²) in [5.74, 6) is -1.42. The lowest BCUT2D eigenvalue weighted by Gasteiger charge is -2.02. The average Bonchev–Trinajstić information content (AvgIpc) is 2.05. The van der Waals surface area contributed by atoms with Gasteiger partial charge in [0.25, 0.3) is 0 Å². The van der Waals surface area contributed by atoms with Crippen molar-refractivity contribution < 1.29 is 15.0 Å². The molecule has 0 radical (unpaired) electrons. The standard InChI is InChI=1S/C7H7NO3S/c9-6-2-1-4(8-12)3-5(6)7(10)11/h1-3,8-9,12H,(H,10,11). The van der Waals surface area contributed by atoms with Gasteiger partial charge < -0.3 is 14.9 Å². The monoisotopic (exact) mass is 185 g/mol. The summed E-state index contributed by atoms with van der Waals surface area (Å²) in [6.07, 6.45) is 0. The molecule has 1 rings (SSSR count). The van der Waals surface area contributed by atoms with Gasteiger partial charge in [-0.2, -0.15) is 0 Å². The Kier molecular flexibility index (Phi) is 2.44. The Morgan fingerprint density at radius 2 is 2.17 bits per heavy atom. The Morgan fingerprint density at radius 1 is 1.50 bits per heavy atom. The van der Waals surface area contributed by atoms with Gasteiger partial charge in [-0.1, -0.05) is 12.8 Å². The van der Waals surface area contributed by atoms with Crippen molar-refractivity contribution in [1.29, 1.82) is 0 Å². The number of rotatable bonds is 2. The molecule has 0 aliphatic carbocycles. The van der Waals surface area contributed by atoms with Crippen LogP contribution in [0.15, 0.2) is 18.2 Å². The normalized spacial score (nSPS) is 9.42. The summed E-state index contributed by atoms with van der Waals surface area (Å²) >= 11 is 3.74. The van der Waals surface area contributed by atoms with Crippen molar-refractivity contribution in [2.75, 3.05) is 4.72 Å². The minimum absolute atomic E-state index is 0.144. The number of hydrogen-bond donors (Lipinski definition) is 4. The maximum atomic E-state index is 10.5. The largest absolute Gasteiger partial charge is 0.507 e. The summed E-state index contributed by atoms with van der Waals surface area (Å²) in [6, 6.07) is 4.11. The molecule has 0 aliphatic rings. The van der Waals surface area contributed by atoms with Crippen molar-refractivity contribution in [2.45, 2.75) is 0 Å². The van der Waals surface area contributed by atoms with Crippen molar-refractivity contribution in [2.24, 2.45) is 0 Å². The van der Waals surface area contributed by atoms with Gasteiger partial charge in [0.15, 0.2) is 0 Å². The molecule has 0 amide bonds. The molecule has 0 aromatic heterocycles. The van der Waals surface area contributed by atoms with Crippen LogP contribution < -0.4 is 4.72 Å². The highest BCUT2D eigenvalue weighted by Gasteiger charge is 2.08. The molecule has 0 atom stereocenters.